The summed E-state index contributed by atoms with van der Waals surface area (Å²) in [6, 6.07) is 4.93. The summed E-state index contributed by atoms with van der Waals surface area (Å²) in [5, 5.41) is 2.48. The Morgan fingerprint density at radius 1 is 1.12 bits per heavy atom. The highest BCUT2D eigenvalue weighted by molar-refractivity contribution is 7.89. The van der Waals surface area contributed by atoms with Gasteiger partial charge in [0.2, 0.25) is 15.9 Å². The highest BCUT2D eigenvalue weighted by Crippen LogP contribution is 2.15. The molecule has 1 aromatic carbocycles. The second-order valence-corrected chi connectivity index (χ2v) is 7.54. The summed E-state index contributed by atoms with van der Waals surface area (Å²) in [7, 11) is -1.14. The third-order valence-corrected chi connectivity index (χ3v) is 4.74. The van der Waals surface area contributed by atoms with E-state index in [1.807, 2.05) is 13.8 Å². The smallest absolute Gasteiger partial charge is 0.328 e. The van der Waals surface area contributed by atoms with Crippen molar-refractivity contribution in [1.82, 2.24) is 10.0 Å². The third kappa shape index (κ3) is 6.71. The van der Waals surface area contributed by atoms with E-state index in [-0.39, 0.29) is 10.8 Å². The summed E-state index contributed by atoms with van der Waals surface area (Å²) in [5.74, 6) is -0.514. The van der Waals surface area contributed by atoms with E-state index in [2.05, 4.69) is 14.8 Å². The molecule has 8 nitrogen and oxygen atoms in total. The largest absolute Gasteiger partial charge is 0.497 e. The predicted molar refractivity (Wildman–Crippen MR) is 91.6 cm³/mol. The number of ether oxygens (including phenoxy) is 2. The molecular formula is C16H24N2O6S. The number of esters is 1. The van der Waals surface area contributed by atoms with Crippen molar-refractivity contribution >= 4 is 21.9 Å². The molecule has 0 heterocycles. The van der Waals surface area contributed by atoms with Gasteiger partial charge in [-0.1, -0.05) is 13.8 Å². The molecule has 0 aromatic heterocycles. The van der Waals surface area contributed by atoms with Crippen LogP contribution in [0.1, 0.15) is 20.3 Å². The second kappa shape index (κ2) is 9.38. The van der Waals surface area contributed by atoms with Gasteiger partial charge < -0.3 is 14.8 Å². The van der Waals surface area contributed by atoms with E-state index >= 15 is 0 Å². The van der Waals surface area contributed by atoms with Crippen LogP contribution < -0.4 is 14.8 Å². The number of carbonyl (C=O) groups excluding carboxylic acids is 2. The van der Waals surface area contributed by atoms with Gasteiger partial charge in [0.1, 0.15) is 11.8 Å². The molecule has 0 saturated heterocycles. The number of rotatable bonds is 9. The Kier molecular flexibility index (Phi) is 7.85. The lowest BCUT2D eigenvalue weighted by molar-refractivity contribution is -0.145. The summed E-state index contributed by atoms with van der Waals surface area (Å²) < 4.78 is 36.1. The van der Waals surface area contributed by atoms with Crippen LogP contribution in [0, 0.1) is 5.92 Å². The molecule has 1 aromatic rings. The quantitative estimate of drug-likeness (QED) is 0.617. The van der Waals surface area contributed by atoms with Crippen LogP contribution >= 0.6 is 0 Å². The van der Waals surface area contributed by atoms with Gasteiger partial charge in [-0.3, -0.25) is 4.79 Å². The van der Waals surface area contributed by atoms with Crippen molar-refractivity contribution in [3.8, 4) is 5.75 Å². The molecule has 1 amide bonds. The van der Waals surface area contributed by atoms with Crippen LogP contribution in [0.15, 0.2) is 29.2 Å². The fourth-order valence-electron chi connectivity index (χ4n) is 2.07. The van der Waals surface area contributed by atoms with Gasteiger partial charge in [0, 0.05) is 0 Å². The first-order chi connectivity index (χ1) is 11.7. The molecule has 1 atom stereocenters. The van der Waals surface area contributed by atoms with Crippen LogP contribution in [-0.2, 0) is 24.3 Å². The average molecular weight is 372 g/mol. The number of hydrogen-bond acceptors (Lipinski definition) is 6. The minimum Gasteiger partial charge on any atom is -0.497 e. The predicted octanol–water partition coefficient (Wildman–Crippen LogP) is 0.677. The molecule has 0 aliphatic rings. The Morgan fingerprint density at radius 2 is 1.72 bits per heavy atom. The van der Waals surface area contributed by atoms with E-state index in [1.165, 1.54) is 38.5 Å². The molecule has 140 valence electrons. The topological polar surface area (TPSA) is 111 Å². The number of carbonyl (C=O) groups is 2. The van der Waals surface area contributed by atoms with Crippen molar-refractivity contribution in [3.05, 3.63) is 24.3 Å². The van der Waals surface area contributed by atoms with Crippen LogP contribution in [0.4, 0.5) is 0 Å². The van der Waals surface area contributed by atoms with Crippen molar-refractivity contribution in [1.29, 1.82) is 0 Å². The number of amides is 1. The standard InChI is InChI=1S/C16H24N2O6S/c1-11(2)9-14(16(20)24-4)18-15(19)10-17-25(21,22)13-7-5-12(23-3)6-8-13/h5-8,11,14,17H,9-10H2,1-4H3,(H,18,19). The van der Waals surface area contributed by atoms with Crippen LogP contribution in [0.5, 0.6) is 5.75 Å². The lowest BCUT2D eigenvalue weighted by Gasteiger charge is -2.18. The van der Waals surface area contributed by atoms with E-state index in [1.54, 1.807) is 0 Å². The number of hydrogen-bond donors (Lipinski definition) is 2. The summed E-state index contributed by atoms with van der Waals surface area (Å²) in [5.41, 5.74) is 0. The zero-order valence-corrected chi connectivity index (χ0v) is 15.6. The van der Waals surface area contributed by atoms with E-state index in [0.717, 1.165) is 0 Å². The molecule has 0 radical (unpaired) electrons. The van der Waals surface area contributed by atoms with Crippen molar-refractivity contribution in [2.45, 2.75) is 31.2 Å². The highest BCUT2D eigenvalue weighted by atomic mass is 32.2. The van der Waals surface area contributed by atoms with Gasteiger partial charge in [0.05, 0.1) is 25.7 Å². The maximum Gasteiger partial charge on any atom is 0.328 e. The molecule has 0 saturated carbocycles. The van der Waals surface area contributed by atoms with Crippen molar-refractivity contribution in [3.63, 3.8) is 0 Å². The van der Waals surface area contributed by atoms with Crippen LogP contribution in [0.2, 0.25) is 0 Å². The number of nitrogens with one attached hydrogen (secondary N) is 2. The molecule has 0 fully saturated rings. The maximum absolute atomic E-state index is 12.2. The van der Waals surface area contributed by atoms with Crippen molar-refractivity contribution < 1.29 is 27.5 Å². The van der Waals surface area contributed by atoms with Gasteiger partial charge in [-0.15, -0.1) is 0 Å². The summed E-state index contributed by atoms with van der Waals surface area (Å²) in [6.45, 7) is 3.31. The molecule has 0 aliphatic carbocycles. The zero-order valence-electron chi connectivity index (χ0n) is 14.7. The van der Waals surface area contributed by atoms with E-state index in [0.29, 0.717) is 12.2 Å². The number of benzene rings is 1. The van der Waals surface area contributed by atoms with Crippen LogP contribution in [0.3, 0.4) is 0 Å². The Bertz CT molecular complexity index is 685. The van der Waals surface area contributed by atoms with Gasteiger partial charge in [-0.2, -0.15) is 0 Å². The Balaban J connectivity index is 2.67. The summed E-state index contributed by atoms with van der Waals surface area (Å²) in [4.78, 5) is 23.7. The lowest BCUT2D eigenvalue weighted by atomic mass is 10.0. The Morgan fingerprint density at radius 3 is 2.20 bits per heavy atom. The van der Waals surface area contributed by atoms with Crippen LogP contribution in [-0.4, -0.2) is 47.1 Å². The van der Waals surface area contributed by atoms with Crippen LogP contribution in [0.25, 0.3) is 0 Å². The maximum atomic E-state index is 12.2. The number of sulfonamides is 1. The van der Waals surface area contributed by atoms with Gasteiger partial charge in [-0.05, 0) is 36.6 Å². The third-order valence-electron chi connectivity index (χ3n) is 3.32. The van der Waals surface area contributed by atoms with E-state index in [4.69, 9.17) is 4.74 Å². The first kappa shape index (κ1) is 20.9. The van der Waals surface area contributed by atoms with Gasteiger partial charge in [-0.25, -0.2) is 17.9 Å². The molecule has 9 heteroatoms. The molecule has 1 unspecified atom stereocenters. The Hall–Kier alpha value is -2.13. The summed E-state index contributed by atoms with van der Waals surface area (Å²) in [6.07, 6.45) is 0.393. The molecule has 25 heavy (non-hydrogen) atoms. The minimum atomic E-state index is -3.85. The molecule has 0 aliphatic heterocycles. The molecule has 1 rings (SSSR count). The zero-order chi connectivity index (χ0) is 19.0. The molecule has 0 bridgehead atoms. The fraction of sp³-hybridized carbons (Fsp3) is 0.500. The van der Waals surface area contributed by atoms with Crippen molar-refractivity contribution in [2.24, 2.45) is 5.92 Å². The second-order valence-electron chi connectivity index (χ2n) is 5.77. The minimum absolute atomic E-state index is 0.00722. The lowest BCUT2D eigenvalue weighted by Crippen LogP contribution is -2.46. The molecular weight excluding hydrogens is 348 g/mol. The van der Waals surface area contributed by atoms with Crippen molar-refractivity contribution in [2.75, 3.05) is 20.8 Å². The van der Waals surface area contributed by atoms with E-state index in [9.17, 15) is 18.0 Å². The average Bonchev–Trinajstić information content (AvgIpc) is 2.58. The fourth-order valence-corrected chi connectivity index (χ4v) is 3.05. The normalized spacial score (nSPS) is 12.5. The SMILES string of the molecule is COC(=O)C(CC(C)C)NC(=O)CNS(=O)(=O)c1ccc(OC)cc1. The van der Waals surface area contributed by atoms with Gasteiger partial charge >= 0.3 is 5.97 Å². The summed E-state index contributed by atoms with van der Waals surface area (Å²) >= 11 is 0. The van der Waals surface area contributed by atoms with E-state index < -0.39 is 34.5 Å². The molecule has 0 spiro atoms. The molecule has 2 N–H and O–H groups in total. The Labute approximate surface area is 147 Å². The highest BCUT2D eigenvalue weighted by Gasteiger charge is 2.23. The van der Waals surface area contributed by atoms with Gasteiger partial charge in [0.15, 0.2) is 0 Å². The monoisotopic (exact) mass is 372 g/mol. The number of methoxy groups -OCH3 is 2. The van der Waals surface area contributed by atoms with Gasteiger partial charge in [0.25, 0.3) is 0 Å². The first-order valence-electron chi connectivity index (χ1n) is 7.70. The first-order valence-corrected chi connectivity index (χ1v) is 9.18.